The van der Waals surface area contributed by atoms with Crippen molar-refractivity contribution in [2.24, 2.45) is 0 Å². The van der Waals surface area contributed by atoms with Crippen molar-refractivity contribution in [1.29, 1.82) is 0 Å². The molecule has 0 aliphatic rings. The zero-order chi connectivity index (χ0) is 17.1. The van der Waals surface area contributed by atoms with Crippen molar-refractivity contribution in [3.63, 3.8) is 0 Å². The van der Waals surface area contributed by atoms with Crippen LogP contribution < -0.4 is 0 Å². The van der Waals surface area contributed by atoms with Crippen molar-refractivity contribution in [3.05, 3.63) is 72.5 Å². The fourth-order valence-corrected chi connectivity index (χ4v) is 2.84. The van der Waals surface area contributed by atoms with Crippen molar-refractivity contribution in [1.82, 2.24) is 15.2 Å². The molecule has 0 radical (unpaired) electrons. The van der Waals surface area contributed by atoms with Crippen LogP contribution >= 0.6 is 11.8 Å². The maximum atomic E-state index is 13.0. The highest BCUT2D eigenvalue weighted by Crippen LogP contribution is 2.28. The third-order valence-electron chi connectivity index (χ3n) is 3.42. The number of nitrogens with zero attached hydrogens (tertiary/aromatic N) is 3. The van der Waals surface area contributed by atoms with Crippen LogP contribution in [-0.4, -0.2) is 15.2 Å². The average Bonchev–Trinajstić information content (AvgIpc) is 3.31. The molecule has 0 saturated carbocycles. The highest BCUT2D eigenvalue weighted by molar-refractivity contribution is 7.98. The predicted octanol–water partition coefficient (Wildman–Crippen LogP) is 4.82. The van der Waals surface area contributed by atoms with Gasteiger partial charge in [0.05, 0.1) is 11.9 Å². The minimum atomic E-state index is -0.288. The Balaban J connectivity index is 1.42. The molecule has 25 heavy (non-hydrogen) atoms. The normalized spacial score (nSPS) is 10.9. The lowest BCUT2D eigenvalue weighted by atomic mass is 10.2. The van der Waals surface area contributed by atoms with Crippen molar-refractivity contribution in [2.45, 2.75) is 11.0 Å². The Morgan fingerprint density at radius 2 is 1.68 bits per heavy atom. The molecule has 0 amide bonds. The lowest BCUT2D eigenvalue weighted by Gasteiger charge is -1.95. The Morgan fingerprint density at radius 1 is 0.880 bits per heavy atom. The lowest BCUT2D eigenvalue weighted by Crippen LogP contribution is -1.80. The van der Waals surface area contributed by atoms with Crippen LogP contribution in [0.3, 0.4) is 0 Å². The topological polar surface area (TPSA) is 65.0 Å². The minimum Gasteiger partial charge on any atom is -0.431 e. The average molecular weight is 353 g/mol. The molecule has 4 rings (SSSR count). The van der Waals surface area contributed by atoms with E-state index in [1.54, 1.807) is 18.3 Å². The molecule has 5 nitrogen and oxygen atoms in total. The molecule has 0 spiro atoms. The van der Waals surface area contributed by atoms with Crippen LogP contribution in [0.1, 0.15) is 5.89 Å². The van der Waals surface area contributed by atoms with Crippen LogP contribution in [0.25, 0.3) is 22.8 Å². The van der Waals surface area contributed by atoms with E-state index in [2.05, 4.69) is 15.2 Å². The second kappa shape index (κ2) is 6.90. The summed E-state index contributed by atoms with van der Waals surface area (Å²) in [5, 5.41) is 8.56. The van der Waals surface area contributed by atoms with E-state index in [0.29, 0.717) is 28.5 Å². The molecule has 2 heterocycles. The van der Waals surface area contributed by atoms with Crippen LogP contribution in [0.4, 0.5) is 4.39 Å². The first-order chi connectivity index (χ1) is 12.3. The van der Waals surface area contributed by atoms with Gasteiger partial charge in [-0.1, -0.05) is 30.0 Å². The first kappa shape index (κ1) is 15.6. The number of aromatic nitrogens is 3. The summed E-state index contributed by atoms with van der Waals surface area (Å²) in [5.74, 6) is 1.71. The van der Waals surface area contributed by atoms with Gasteiger partial charge in [-0.3, -0.25) is 0 Å². The number of oxazole rings is 1. The van der Waals surface area contributed by atoms with Gasteiger partial charge in [-0.05, 0) is 36.4 Å². The molecule has 2 aromatic heterocycles. The zero-order valence-corrected chi connectivity index (χ0v) is 13.7. The molecule has 4 aromatic rings. The fourth-order valence-electron chi connectivity index (χ4n) is 2.21. The quantitative estimate of drug-likeness (QED) is 0.479. The molecular formula is C18H12FN3O2S. The number of hydrogen-bond acceptors (Lipinski definition) is 6. The summed E-state index contributed by atoms with van der Waals surface area (Å²) in [6.45, 7) is 0. The van der Waals surface area contributed by atoms with E-state index in [4.69, 9.17) is 8.83 Å². The van der Waals surface area contributed by atoms with Gasteiger partial charge >= 0.3 is 0 Å². The zero-order valence-electron chi connectivity index (χ0n) is 12.9. The summed E-state index contributed by atoms with van der Waals surface area (Å²) < 4.78 is 24.3. The first-order valence-electron chi connectivity index (χ1n) is 7.50. The Labute approximate surface area is 146 Å². The number of halogens is 1. The fraction of sp³-hybridized carbons (Fsp3) is 0.0556. The van der Waals surface area contributed by atoms with Gasteiger partial charge in [0.25, 0.3) is 5.22 Å². The van der Waals surface area contributed by atoms with Crippen molar-refractivity contribution in [3.8, 4) is 22.8 Å². The highest BCUT2D eigenvalue weighted by atomic mass is 32.2. The Bertz CT molecular complexity index is 967. The third kappa shape index (κ3) is 3.61. The van der Waals surface area contributed by atoms with E-state index in [-0.39, 0.29) is 5.82 Å². The Morgan fingerprint density at radius 3 is 2.48 bits per heavy atom. The van der Waals surface area contributed by atoms with E-state index < -0.39 is 0 Å². The molecule has 7 heteroatoms. The molecule has 0 saturated heterocycles. The lowest BCUT2D eigenvalue weighted by molar-refractivity contribution is 0.464. The second-order valence-electron chi connectivity index (χ2n) is 5.15. The van der Waals surface area contributed by atoms with E-state index in [0.717, 1.165) is 11.1 Å². The van der Waals surface area contributed by atoms with Crippen LogP contribution in [-0.2, 0) is 5.75 Å². The van der Waals surface area contributed by atoms with Crippen LogP contribution in [0.2, 0.25) is 0 Å². The monoisotopic (exact) mass is 353 g/mol. The summed E-state index contributed by atoms with van der Waals surface area (Å²) >= 11 is 1.35. The number of benzene rings is 2. The maximum Gasteiger partial charge on any atom is 0.256 e. The summed E-state index contributed by atoms with van der Waals surface area (Å²) in [6.07, 6.45) is 1.61. The van der Waals surface area contributed by atoms with E-state index in [9.17, 15) is 4.39 Å². The summed E-state index contributed by atoms with van der Waals surface area (Å²) in [7, 11) is 0. The highest BCUT2D eigenvalue weighted by Gasteiger charge is 2.11. The molecule has 0 N–H and O–H groups in total. The van der Waals surface area contributed by atoms with E-state index >= 15 is 0 Å². The van der Waals surface area contributed by atoms with Crippen molar-refractivity contribution in [2.75, 3.05) is 0 Å². The smallest absolute Gasteiger partial charge is 0.256 e. The molecular weight excluding hydrogens is 341 g/mol. The summed E-state index contributed by atoms with van der Waals surface area (Å²) in [4.78, 5) is 4.21. The van der Waals surface area contributed by atoms with Gasteiger partial charge in [-0.15, -0.1) is 10.2 Å². The van der Waals surface area contributed by atoms with Gasteiger partial charge in [0.15, 0.2) is 5.76 Å². The predicted molar refractivity (Wildman–Crippen MR) is 91.2 cm³/mol. The van der Waals surface area contributed by atoms with Gasteiger partial charge in [0.1, 0.15) is 5.82 Å². The van der Waals surface area contributed by atoms with Crippen molar-refractivity contribution < 1.29 is 13.2 Å². The third-order valence-corrected chi connectivity index (χ3v) is 4.25. The number of thioether (sulfide) groups is 1. The number of hydrogen-bond donors (Lipinski definition) is 0. The van der Waals surface area contributed by atoms with Gasteiger partial charge in [-0.25, -0.2) is 9.37 Å². The summed E-state index contributed by atoms with van der Waals surface area (Å²) in [5.41, 5.74) is 1.64. The molecule has 124 valence electrons. The summed E-state index contributed by atoms with van der Waals surface area (Å²) in [6, 6.07) is 15.6. The van der Waals surface area contributed by atoms with Crippen LogP contribution in [0.5, 0.6) is 0 Å². The molecule has 0 fully saturated rings. The van der Waals surface area contributed by atoms with Gasteiger partial charge < -0.3 is 8.83 Å². The van der Waals surface area contributed by atoms with Crippen molar-refractivity contribution >= 4 is 11.8 Å². The SMILES string of the molecule is Fc1ccc(-c2cnc(SCc3nnc(-c4ccccc4)o3)o2)cc1. The first-order valence-corrected chi connectivity index (χ1v) is 8.49. The number of rotatable bonds is 5. The van der Waals surface area contributed by atoms with Gasteiger partial charge in [-0.2, -0.15) is 0 Å². The molecule has 0 aliphatic heterocycles. The molecule has 0 aliphatic carbocycles. The second-order valence-corrected chi connectivity index (χ2v) is 6.08. The van der Waals surface area contributed by atoms with Crippen LogP contribution in [0.15, 0.2) is 74.9 Å². The molecule has 0 atom stereocenters. The van der Waals surface area contributed by atoms with Gasteiger partial charge in [0.2, 0.25) is 11.8 Å². The van der Waals surface area contributed by atoms with Crippen LogP contribution in [0, 0.1) is 5.82 Å². The van der Waals surface area contributed by atoms with Gasteiger partial charge in [0, 0.05) is 11.1 Å². The van der Waals surface area contributed by atoms with E-state index in [1.165, 1.54) is 23.9 Å². The standard InChI is InChI=1S/C18H12FN3O2S/c19-14-8-6-12(7-9-14)15-10-20-18(23-15)25-11-16-21-22-17(24-16)13-4-2-1-3-5-13/h1-10H,11H2. The molecule has 2 aromatic carbocycles. The minimum absolute atomic E-state index is 0.288. The molecule has 0 unspecified atom stereocenters. The molecule has 0 bridgehead atoms. The van der Waals surface area contributed by atoms with E-state index in [1.807, 2.05) is 30.3 Å². The Kier molecular flexibility index (Phi) is 4.30. The Hall–Kier alpha value is -2.93. The largest absolute Gasteiger partial charge is 0.431 e. The maximum absolute atomic E-state index is 13.0.